The van der Waals surface area contributed by atoms with Gasteiger partial charge < -0.3 is 4.74 Å². The molecule has 0 fully saturated rings. The fourth-order valence-electron chi connectivity index (χ4n) is 1.34. The van der Waals surface area contributed by atoms with Gasteiger partial charge in [-0.2, -0.15) is 5.26 Å². The first-order chi connectivity index (χ1) is 8.29. The minimum atomic E-state index is 0.357. The monoisotopic (exact) mass is 244 g/mol. The van der Waals surface area contributed by atoms with Crippen molar-refractivity contribution < 1.29 is 4.74 Å². The molecule has 0 bridgehead atoms. The van der Waals surface area contributed by atoms with Crippen molar-refractivity contribution in [2.75, 3.05) is 0 Å². The van der Waals surface area contributed by atoms with E-state index in [2.05, 4.69) is 11.1 Å². The van der Waals surface area contributed by atoms with E-state index in [4.69, 9.17) is 21.6 Å². The Morgan fingerprint density at radius 2 is 2.24 bits per heavy atom. The molecule has 0 aliphatic heterocycles. The predicted octanol–water partition coefficient (Wildman–Crippen LogP) is 3.19. The van der Waals surface area contributed by atoms with Gasteiger partial charge in [0.05, 0.1) is 16.7 Å². The van der Waals surface area contributed by atoms with E-state index in [9.17, 15) is 0 Å². The predicted molar refractivity (Wildman–Crippen MR) is 64.7 cm³/mol. The number of halogens is 1. The highest BCUT2D eigenvalue weighted by molar-refractivity contribution is 6.31. The molecule has 2 aromatic rings. The molecule has 0 aliphatic carbocycles. The lowest BCUT2D eigenvalue weighted by Gasteiger charge is -2.07. The van der Waals surface area contributed by atoms with Gasteiger partial charge in [-0.25, -0.2) is 0 Å². The van der Waals surface area contributed by atoms with Crippen molar-refractivity contribution in [3.8, 4) is 11.8 Å². The molecule has 0 radical (unpaired) electrons. The molecule has 84 valence electrons. The van der Waals surface area contributed by atoms with E-state index in [1.54, 1.807) is 42.7 Å². The minimum Gasteiger partial charge on any atom is -0.489 e. The summed E-state index contributed by atoms with van der Waals surface area (Å²) in [6.07, 6.45) is 3.24. The van der Waals surface area contributed by atoms with E-state index in [1.165, 1.54) is 0 Å². The van der Waals surface area contributed by atoms with Crippen LogP contribution in [0.1, 0.15) is 11.1 Å². The van der Waals surface area contributed by atoms with Gasteiger partial charge in [0.2, 0.25) is 0 Å². The fraction of sp³-hybridized carbons (Fsp3) is 0.0769. The third kappa shape index (κ3) is 2.96. The van der Waals surface area contributed by atoms with Gasteiger partial charge in [-0.15, -0.1) is 0 Å². The molecule has 0 aliphatic rings. The van der Waals surface area contributed by atoms with Crippen LogP contribution in [-0.2, 0) is 6.61 Å². The quantitative estimate of drug-likeness (QED) is 0.833. The third-order valence-electron chi connectivity index (χ3n) is 2.21. The van der Waals surface area contributed by atoms with Crippen molar-refractivity contribution in [3.63, 3.8) is 0 Å². The van der Waals surface area contributed by atoms with Crippen LogP contribution in [0.2, 0.25) is 5.02 Å². The second-order valence-electron chi connectivity index (χ2n) is 3.40. The first kappa shape index (κ1) is 11.4. The average molecular weight is 245 g/mol. The van der Waals surface area contributed by atoms with E-state index in [-0.39, 0.29) is 0 Å². The van der Waals surface area contributed by atoms with E-state index in [1.807, 2.05) is 0 Å². The zero-order valence-electron chi connectivity index (χ0n) is 8.93. The Morgan fingerprint density at radius 1 is 1.35 bits per heavy atom. The van der Waals surface area contributed by atoms with Crippen molar-refractivity contribution in [2.45, 2.75) is 6.61 Å². The second-order valence-corrected chi connectivity index (χ2v) is 3.80. The molecule has 17 heavy (non-hydrogen) atoms. The van der Waals surface area contributed by atoms with Gasteiger partial charge in [-0.05, 0) is 24.3 Å². The summed E-state index contributed by atoms with van der Waals surface area (Å²) in [5, 5.41) is 9.33. The van der Waals surface area contributed by atoms with Crippen molar-refractivity contribution in [1.29, 1.82) is 5.26 Å². The molecule has 0 saturated carbocycles. The van der Waals surface area contributed by atoms with Gasteiger partial charge >= 0.3 is 0 Å². The Kier molecular flexibility index (Phi) is 3.59. The molecule has 1 aromatic heterocycles. The number of nitriles is 1. The minimum absolute atomic E-state index is 0.357. The van der Waals surface area contributed by atoms with Crippen molar-refractivity contribution >= 4 is 11.6 Å². The lowest BCUT2D eigenvalue weighted by molar-refractivity contribution is 0.306. The summed E-state index contributed by atoms with van der Waals surface area (Å²) in [4.78, 5) is 3.90. The zero-order chi connectivity index (χ0) is 12.1. The molecule has 0 unspecified atom stereocenters. The maximum Gasteiger partial charge on any atom is 0.121 e. The van der Waals surface area contributed by atoms with Gasteiger partial charge in [0, 0.05) is 18.0 Å². The molecule has 0 N–H and O–H groups in total. The number of benzene rings is 1. The van der Waals surface area contributed by atoms with Crippen LogP contribution in [0.3, 0.4) is 0 Å². The molecular weight excluding hydrogens is 236 g/mol. The highest BCUT2D eigenvalue weighted by atomic mass is 35.5. The van der Waals surface area contributed by atoms with Crippen molar-refractivity contribution in [2.24, 2.45) is 0 Å². The summed E-state index contributed by atoms with van der Waals surface area (Å²) in [7, 11) is 0. The van der Waals surface area contributed by atoms with Crippen LogP contribution in [0.25, 0.3) is 0 Å². The Hall–Kier alpha value is -2.05. The molecule has 0 spiro atoms. The van der Waals surface area contributed by atoms with E-state index < -0.39 is 0 Å². The highest BCUT2D eigenvalue weighted by Crippen LogP contribution is 2.18. The third-order valence-corrected chi connectivity index (χ3v) is 2.55. The van der Waals surface area contributed by atoms with E-state index in [0.29, 0.717) is 22.9 Å². The number of nitrogens with zero attached hydrogens (tertiary/aromatic N) is 2. The molecule has 0 atom stereocenters. The number of hydrogen-bond acceptors (Lipinski definition) is 3. The normalized spacial score (nSPS) is 9.65. The molecule has 0 amide bonds. The van der Waals surface area contributed by atoms with Gasteiger partial charge in [0.1, 0.15) is 12.4 Å². The standard InChI is InChI=1S/C13H9ClN2O/c14-13-8-16-5-4-11(13)9-17-12-3-1-2-10(6-12)7-15/h1-6,8H,9H2. The molecule has 3 nitrogen and oxygen atoms in total. The van der Waals surface area contributed by atoms with Crippen LogP contribution >= 0.6 is 11.6 Å². The summed E-state index contributed by atoms with van der Waals surface area (Å²) in [5.74, 6) is 0.650. The van der Waals surface area contributed by atoms with Gasteiger partial charge in [-0.3, -0.25) is 4.98 Å². The summed E-state index contributed by atoms with van der Waals surface area (Å²) in [6.45, 7) is 0.357. The molecule has 2 rings (SSSR count). The first-order valence-corrected chi connectivity index (χ1v) is 5.39. The van der Waals surface area contributed by atoms with Gasteiger partial charge in [0.25, 0.3) is 0 Å². The molecule has 0 saturated heterocycles. The summed E-state index contributed by atoms with van der Waals surface area (Å²) < 4.78 is 5.55. The summed E-state index contributed by atoms with van der Waals surface area (Å²) in [6, 6.07) is 10.9. The fourth-order valence-corrected chi connectivity index (χ4v) is 1.51. The number of aromatic nitrogens is 1. The number of ether oxygens (including phenoxy) is 1. The Balaban J connectivity index is 2.08. The SMILES string of the molecule is N#Cc1cccc(OCc2ccncc2Cl)c1. The molecule has 1 aromatic carbocycles. The Morgan fingerprint density at radius 3 is 3.00 bits per heavy atom. The lowest BCUT2D eigenvalue weighted by Crippen LogP contribution is -1.96. The first-order valence-electron chi connectivity index (χ1n) is 5.01. The highest BCUT2D eigenvalue weighted by Gasteiger charge is 2.01. The molecule has 4 heteroatoms. The van der Waals surface area contributed by atoms with E-state index in [0.717, 1.165) is 5.56 Å². The van der Waals surface area contributed by atoms with Crippen LogP contribution in [0.4, 0.5) is 0 Å². The van der Waals surface area contributed by atoms with Crippen molar-refractivity contribution in [1.82, 2.24) is 4.98 Å². The number of pyridine rings is 1. The average Bonchev–Trinajstić information content (AvgIpc) is 2.38. The second kappa shape index (κ2) is 5.33. The van der Waals surface area contributed by atoms with Crippen LogP contribution in [0.5, 0.6) is 5.75 Å². The van der Waals surface area contributed by atoms with Crippen LogP contribution in [0, 0.1) is 11.3 Å². The van der Waals surface area contributed by atoms with E-state index >= 15 is 0 Å². The maximum atomic E-state index is 8.76. The van der Waals surface area contributed by atoms with Crippen LogP contribution in [-0.4, -0.2) is 4.98 Å². The molecular formula is C13H9ClN2O. The number of hydrogen-bond donors (Lipinski definition) is 0. The maximum absolute atomic E-state index is 8.76. The Bertz CT molecular complexity index is 563. The zero-order valence-corrected chi connectivity index (χ0v) is 9.69. The summed E-state index contributed by atoms with van der Waals surface area (Å²) >= 11 is 5.95. The van der Waals surface area contributed by atoms with Crippen LogP contribution < -0.4 is 4.74 Å². The topological polar surface area (TPSA) is 45.9 Å². The smallest absolute Gasteiger partial charge is 0.121 e. The van der Waals surface area contributed by atoms with Gasteiger partial charge in [-0.1, -0.05) is 17.7 Å². The number of rotatable bonds is 3. The lowest BCUT2D eigenvalue weighted by atomic mass is 10.2. The van der Waals surface area contributed by atoms with Crippen molar-refractivity contribution in [3.05, 3.63) is 58.9 Å². The van der Waals surface area contributed by atoms with Crippen LogP contribution in [0.15, 0.2) is 42.7 Å². The molecule has 1 heterocycles. The largest absolute Gasteiger partial charge is 0.489 e. The Labute approximate surface area is 104 Å². The van der Waals surface area contributed by atoms with Gasteiger partial charge in [0.15, 0.2) is 0 Å². The summed E-state index contributed by atoms with van der Waals surface area (Å²) in [5.41, 5.74) is 1.44.